The third-order valence-electron chi connectivity index (χ3n) is 4.38. The molecular weight excluding hydrogens is 437 g/mol. The topological polar surface area (TPSA) is 53.9 Å². The molecule has 24 heavy (non-hydrogen) atoms. The summed E-state index contributed by atoms with van der Waals surface area (Å²) in [5, 5.41) is 3.38. The normalized spacial score (nSPS) is 21.3. The first-order valence-electron chi connectivity index (χ1n) is 8.79. The zero-order chi connectivity index (χ0) is 16.7. The van der Waals surface area contributed by atoms with Crippen molar-refractivity contribution >= 4 is 47.7 Å². The lowest BCUT2D eigenvalue weighted by Gasteiger charge is -2.39. The molecule has 2 fully saturated rings. The SMILES string of the molecule is CN=C(NCCCC(=O)OC1CCCC1)N1CCSC(C)(C)C1.I. The van der Waals surface area contributed by atoms with Gasteiger partial charge in [-0.1, -0.05) is 0 Å². The second-order valence-electron chi connectivity index (χ2n) is 7.00. The van der Waals surface area contributed by atoms with Crippen LogP contribution in [-0.2, 0) is 9.53 Å². The zero-order valence-corrected chi connectivity index (χ0v) is 18.3. The van der Waals surface area contributed by atoms with E-state index in [9.17, 15) is 4.79 Å². The van der Waals surface area contributed by atoms with Gasteiger partial charge in [0.1, 0.15) is 6.10 Å². The number of esters is 1. The highest BCUT2D eigenvalue weighted by molar-refractivity contribution is 14.0. The second kappa shape index (κ2) is 10.7. The first kappa shape index (κ1) is 21.9. The molecule has 1 heterocycles. The van der Waals surface area contributed by atoms with Crippen molar-refractivity contribution in [1.82, 2.24) is 10.2 Å². The Morgan fingerprint density at radius 3 is 2.71 bits per heavy atom. The molecule has 1 aliphatic heterocycles. The lowest BCUT2D eigenvalue weighted by Crippen LogP contribution is -2.51. The van der Waals surface area contributed by atoms with Gasteiger partial charge in [-0.3, -0.25) is 9.79 Å². The molecule has 0 unspecified atom stereocenters. The number of ether oxygens (including phenoxy) is 1. The molecule has 1 saturated carbocycles. The fourth-order valence-corrected chi connectivity index (χ4v) is 4.32. The summed E-state index contributed by atoms with van der Waals surface area (Å²) in [6.07, 6.45) is 5.92. The van der Waals surface area contributed by atoms with Gasteiger partial charge in [0, 0.05) is 43.6 Å². The maximum absolute atomic E-state index is 11.8. The molecule has 1 saturated heterocycles. The summed E-state index contributed by atoms with van der Waals surface area (Å²) >= 11 is 2.01. The van der Waals surface area contributed by atoms with Crippen molar-refractivity contribution in [3.05, 3.63) is 0 Å². The summed E-state index contributed by atoms with van der Waals surface area (Å²) in [5.74, 6) is 2.02. The number of rotatable bonds is 5. The number of carbonyl (C=O) groups excluding carboxylic acids is 1. The van der Waals surface area contributed by atoms with Gasteiger partial charge in [0.15, 0.2) is 5.96 Å². The standard InChI is InChI=1S/C17H31N3O2S.HI/c1-17(2)13-20(11-12-23-17)16(18-3)19-10-6-9-15(21)22-14-7-4-5-8-14;/h14H,4-13H2,1-3H3,(H,18,19);1H. The zero-order valence-electron chi connectivity index (χ0n) is 15.2. The monoisotopic (exact) mass is 469 g/mol. The summed E-state index contributed by atoms with van der Waals surface area (Å²) in [4.78, 5) is 18.5. The first-order valence-corrected chi connectivity index (χ1v) is 9.78. The quantitative estimate of drug-likeness (QED) is 0.220. The highest BCUT2D eigenvalue weighted by atomic mass is 127. The summed E-state index contributed by atoms with van der Waals surface area (Å²) in [7, 11) is 1.82. The Morgan fingerprint density at radius 2 is 2.08 bits per heavy atom. The van der Waals surface area contributed by atoms with Crippen LogP contribution in [0.4, 0.5) is 0 Å². The van der Waals surface area contributed by atoms with E-state index in [1.54, 1.807) is 0 Å². The van der Waals surface area contributed by atoms with Gasteiger partial charge in [-0.05, 0) is 46.0 Å². The van der Waals surface area contributed by atoms with Crippen LogP contribution in [0.3, 0.4) is 0 Å². The second-order valence-corrected chi connectivity index (χ2v) is 8.81. The largest absolute Gasteiger partial charge is 0.462 e. The van der Waals surface area contributed by atoms with Crippen LogP contribution >= 0.6 is 35.7 Å². The Morgan fingerprint density at radius 1 is 1.38 bits per heavy atom. The first-order chi connectivity index (χ1) is 11.0. The molecule has 0 bridgehead atoms. The van der Waals surface area contributed by atoms with Gasteiger partial charge < -0.3 is 15.0 Å². The van der Waals surface area contributed by atoms with Crippen LogP contribution in [0.25, 0.3) is 0 Å². The summed E-state index contributed by atoms with van der Waals surface area (Å²) < 4.78 is 5.74. The van der Waals surface area contributed by atoms with E-state index in [0.29, 0.717) is 6.42 Å². The fourth-order valence-electron chi connectivity index (χ4n) is 3.21. The minimum absolute atomic E-state index is 0. The van der Waals surface area contributed by atoms with E-state index in [0.717, 1.165) is 50.6 Å². The number of nitrogens with one attached hydrogen (secondary N) is 1. The van der Waals surface area contributed by atoms with Crippen LogP contribution < -0.4 is 5.32 Å². The van der Waals surface area contributed by atoms with E-state index >= 15 is 0 Å². The predicted molar refractivity (Wildman–Crippen MR) is 112 cm³/mol. The predicted octanol–water partition coefficient (Wildman–Crippen LogP) is 3.27. The number of guanidine groups is 1. The van der Waals surface area contributed by atoms with Crippen LogP contribution in [0, 0.1) is 0 Å². The van der Waals surface area contributed by atoms with Crippen molar-refractivity contribution in [2.24, 2.45) is 4.99 Å². The van der Waals surface area contributed by atoms with Crippen LogP contribution in [0.15, 0.2) is 4.99 Å². The summed E-state index contributed by atoms with van der Waals surface area (Å²) in [6, 6.07) is 0. The summed E-state index contributed by atoms with van der Waals surface area (Å²) in [6.45, 7) is 7.33. The fraction of sp³-hybridized carbons (Fsp3) is 0.882. The molecule has 1 aliphatic carbocycles. The molecule has 0 spiro atoms. The number of hydrogen-bond acceptors (Lipinski definition) is 4. The van der Waals surface area contributed by atoms with Crippen molar-refractivity contribution in [2.45, 2.75) is 63.2 Å². The Balaban J connectivity index is 0.00000288. The molecule has 2 rings (SSSR count). The van der Waals surface area contributed by atoms with Crippen molar-refractivity contribution < 1.29 is 9.53 Å². The molecule has 0 aromatic heterocycles. The minimum Gasteiger partial charge on any atom is -0.462 e. The van der Waals surface area contributed by atoms with Crippen molar-refractivity contribution in [3.63, 3.8) is 0 Å². The molecule has 1 N–H and O–H groups in total. The molecule has 7 heteroatoms. The number of carbonyl (C=O) groups is 1. The van der Waals surface area contributed by atoms with Crippen LogP contribution in [0.1, 0.15) is 52.4 Å². The molecule has 0 radical (unpaired) electrons. The number of aliphatic imine (C=N–C) groups is 1. The molecule has 0 amide bonds. The Labute approximate surface area is 167 Å². The minimum atomic E-state index is -0.0517. The molecular formula is C17H32IN3O2S. The average Bonchev–Trinajstić information content (AvgIpc) is 2.99. The maximum Gasteiger partial charge on any atom is 0.306 e. The van der Waals surface area contributed by atoms with Gasteiger partial charge in [0.25, 0.3) is 0 Å². The highest BCUT2D eigenvalue weighted by Crippen LogP contribution is 2.29. The van der Waals surface area contributed by atoms with E-state index in [2.05, 4.69) is 29.1 Å². The van der Waals surface area contributed by atoms with E-state index in [-0.39, 0.29) is 40.8 Å². The molecule has 140 valence electrons. The lowest BCUT2D eigenvalue weighted by atomic mass is 10.2. The van der Waals surface area contributed by atoms with Crippen molar-refractivity contribution in [2.75, 3.05) is 32.4 Å². The van der Waals surface area contributed by atoms with E-state index in [1.807, 2.05) is 18.8 Å². The third kappa shape index (κ3) is 7.37. The Hall–Kier alpha value is -0.180. The molecule has 5 nitrogen and oxygen atoms in total. The molecule has 0 atom stereocenters. The van der Waals surface area contributed by atoms with Gasteiger partial charge in [0.2, 0.25) is 0 Å². The number of thioether (sulfide) groups is 1. The van der Waals surface area contributed by atoms with Crippen LogP contribution in [0.5, 0.6) is 0 Å². The smallest absolute Gasteiger partial charge is 0.306 e. The van der Waals surface area contributed by atoms with Crippen molar-refractivity contribution in [3.8, 4) is 0 Å². The maximum atomic E-state index is 11.8. The Kier molecular flexibility index (Phi) is 9.77. The molecule has 2 aliphatic rings. The van der Waals surface area contributed by atoms with Gasteiger partial charge in [-0.2, -0.15) is 11.8 Å². The van der Waals surface area contributed by atoms with Crippen molar-refractivity contribution in [1.29, 1.82) is 0 Å². The molecule has 0 aromatic carbocycles. The average molecular weight is 469 g/mol. The number of hydrogen-bond donors (Lipinski definition) is 1. The van der Waals surface area contributed by atoms with Gasteiger partial charge in [0.05, 0.1) is 0 Å². The molecule has 0 aromatic rings. The van der Waals surface area contributed by atoms with E-state index < -0.39 is 0 Å². The third-order valence-corrected chi connectivity index (χ3v) is 5.68. The van der Waals surface area contributed by atoms with E-state index in [4.69, 9.17) is 4.74 Å². The number of halogens is 1. The van der Waals surface area contributed by atoms with E-state index in [1.165, 1.54) is 12.8 Å². The Bertz CT molecular complexity index is 426. The lowest BCUT2D eigenvalue weighted by molar-refractivity contribution is -0.148. The van der Waals surface area contributed by atoms with Crippen LogP contribution in [-0.4, -0.2) is 60.1 Å². The van der Waals surface area contributed by atoms with Gasteiger partial charge in [-0.25, -0.2) is 0 Å². The summed E-state index contributed by atoms with van der Waals surface area (Å²) in [5.41, 5.74) is 0. The van der Waals surface area contributed by atoms with Crippen LogP contribution in [0.2, 0.25) is 0 Å². The highest BCUT2D eigenvalue weighted by Gasteiger charge is 2.28. The van der Waals surface area contributed by atoms with Gasteiger partial charge >= 0.3 is 5.97 Å². The van der Waals surface area contributed by atoms with Gasteiger partial charge in [-0.15, -0.1) is 24.0 Å². The number of nitrogens with zero attached hydrogens (tertiary/aromatic N) is 2.